The predicted molar refractivity (Wildman–Crippen MR) is 84.5 cm³/mol. The number of aliphatic hydroxyl groups excluding tert-OH is 1. The molecule has 1 aromatic rings. The Labute approximate surface area is 127 Å². The molecule has 0 aliphatic heterocycles. The first-order valence-electron chi connectivity index (χ1n) is 7.19. The second-order valence-electron chi connectivity index (χ2n) is 4.93. The van der Waals surface area contributed by atoms with E-state index in [2.05, 4.69) is 30.7 Å². The number of ether oxygens (including phenoxy) is 2. The Morgan fingerprint density at radius 1 is 1.29 bits per heavy atom. The number of aliphatic hydroxyl groups is 1. The molecule has 1 atom stereocenters. The van der Waals surface area contributed by atoms with E-state index >= 15 is 0 Å². The Hall–Kier alpha value is -1.54. The molecular weight excluding hydrogens is 266 g/mol. The Morgan fingerprint density at radius 2 is 2.00 bits per heavy atom. The first kappa shape index (κ1) is 17.5. The molecule has 0 heterocycles. The van der Waals surface area contributed by atoms with E-state index in [1.54, 1.807) is 7.11 Å². The summed E-state index contributed by atoms with van der Waals surface area (Å²) >= 11 is 0. The van der Waals surface area contributed by atoms with E-state index in [1.165, 1.54) is 0 Å². The van der Waals surface area contributed by atoms with E-state index in [0.29, 0.717) is 19.1 Å². The maximum atomic E-state index is 8.67. The lowest BCUT2D eigenvalue weighted by Crippen LogP contribution is -2.35. The highest BCUT2D eigenvalue weighted by Crippen LogP contribution is 2.11. The summed E-state index contributed by atoms with van der Waals surface area (Å²) in [6.45, 7) is 4.44. The minimum atomic E-state index is 0.100. The summed E-state index contributed by atoms with van der Waals surface area (Å²) in [7, 11) is 3.78. The lowest BCUT2D eigenvalue weighted by Gasteiger charge is -2.23. The van der Waals surface area contributed by atoms with Gasteiger partial charge in [0.1, 0.15) is 12.4 Å². The average molecular weight is 291 g/mol. The second-order valence-corrected chi connectivity index (χ2v) is 4.93. The van der Waals surface area contributed by atoms with Crippen LogP contribution >= 0.6 is 0 Å². The third-order valence-corrected chi connectivity index (χ3v) is 3.20. The number of hydrogen-bond acceptors (Lipinski definition) is 4. The summed E-state index contributed by atoms with van der Waals surface area (Å²) in [5.41, 5.74) is 0.932. The van der Waals surface area contributed by atoms with Crippen LogP contribution in [-0.4, -0.2) is 56.6 Å². The van der Waals surface area contributed by atoms with E-state index in [9.17, 15) is 0 Å². The third-order valence-electron chi connectivity index (χ3n) is 3.20. The fourth-order valence-corrected chi connectivity index (χ4v) is 1.75. The van der Waals surface area contributed by atoms with Crippen molar-refractivity contribution in [3.63, 3.8) is 0 Å². The monoisotopic (exact) mass is 291 g/mol. The SMILES string of the molecule is COCC(C)N(C)CCOc1ccc(C#CCCO)cc1. The number of benzene rings is 1. The first-order valence-corrected chi connectivity index (χ1v) is 7.19. The van der Waals surface area contributed by atoms with Gasteiger partial charge in [-0.3, -0.25) is 4.90 Å². The summed E-state index contributed by atoms with van der Waals surface area (Å²) in [6.07, 6.45) is 0.504. The first-order chi connectivity index (χ1) is 10.2. The van der Waals surface area contributed by atoms with Crippen molar-refractivity contribution in [2.75, 3.05) is 40.5 Å². The molecule has 1 unspecified atom stereocenters. The van der Waals surface area contributed by atoms with Crippen molar-refractivity contribution in [2.24, 2.45) is 0 Å². The van der Waals surface area contributed by atoms with Gasteiger partial charge in [-0.1, -0.05) is 11.8 Å². The Balaban J connectivity index is 2.35. The van der Waals surface area contributed by atoms with Gasteiger partial charge in [-0.15, -0.1) is 0 Å². The van der Waals surface area contributed by atoms with Crippen molar-refractivity contribution in [2.45, 2.75) is 19.4 Å². The van der Waals surface area contributed by atoms with Gasteiger partial charge in [-0.05, 0) is 38.2 Å². The number of rotatable bonds is 8. The quantitative estimate of drug-likeness (QED) is 0.741. The Bertz CT molecular complexity index is 447. The molecule has 0 fully saturated rings. The summed E-state index contributed by atoms with van der Waals surface area (Å²) in [5, 5.41) is 8.67. The highest BCUT2D eigenvalue weighted by Gasteiger charge is 2.08. The van der Waals surface area contributed by atoms with Gasteiger partial charge in [0.15, 0.2) is 0 Å². The minimum absolute atomic E-state index is 0.100. The van der Waals surface area contributed by atoms with Crippen LogP contribution < -0.4 is 4.74 Å². The van der Waals surface area contributed by atoms with E-state index in [1.807, 2.05) is 24.3 Å². The standard InChI is InChI=1S/C17H25NO3/c1-15(14-20-3)18(2)11-13-21-17-9-7-16(8-10-17)6-4-5-12-19/h7-10,15,19H,5,11-14H2,1-3H3. The van der Waals surface area contributed by atoms with E-state index in [4.69, 9.17) is 14.6 Å². The van der Waals surface area contributed by atoms with Crippen molar-refractivity contribution in [3.8, 4) is 17.6 Å². The van der Waals surface area contributed by atoms with Gasteiger partial charge in [0, 0.05) is 31.7 Å². The fourth-order valence-electron chi connectivity index (χ4n) is 1.75. The van der Waals surface area contributed by atoms with Crippen LogP contribution in [0.4, 0.5) is 0 Å². The van der Waals surface area contributed by atoms with Crippen LogP contribution in [0.15, 0.2) is 24.3 Å². The summed E-state index contributed by atoms with van der Waals surface area (Å²) in [5.74, 6) is 6.73. The molecule has 0 aromatic heterocycles. The number of methoxy groups -OCH3 is 1. The van der Waals surface area contributed by atoms with Crippen LogP contribution in [0, 0.1) is 11.8 Å². The molecular formula is C17H25NO3. The molecule has 0 spiro atoms. The molecule has 1 aromatic carbocycles. The van der Waals surface area contributed by atoms with Gasteiger partial charge in [0.25, 0.3) is 0 Å². The number of hydrogen-bond donors (Lipinski definition) is 1. The Kier molecular flexibility index (Phi) is 8.53. The van der Waals surface area contributed by atoms with Crippen molar-refractivity contribution in [1.29, 1.82) is 0 Å². The van der Waals surface area contributed by atoms with Gasteiger partial charge >= 0.3 is 0 Å². The summed E-state index contributed by atoms with van der Waals surface area (Å²) in [6, 6.07) is 8.07. The highest BCUT2D eigenvalue weighted by atomic mass is 16.5. The maximum absolute atomic E-state index is 8.67. The predicted octanol–water partition coefficient (Wildman–Crippen LogP) is 1.77. The van der Waals surface area contributed by atoms with Gasteiger partial charge in [-0.25, -0.2) is 0 Å². The van der Waals surface area contributed by atoms with Crippen LogP contribution in [0.2, 0.25) is 0 Å². The van der Waals surface area contributed by atoms with E-state index in [-0.39, 0.29) is 6.61 Å². The van der Waals surface area contributed by atoms with Gasteiger partial charge < -0.3 is 14.6 Å². The second kappa shape index (κ2) is 10.2. The normalized spacial score (nSPS) is 11.9. The van der Waals surface area contributed by atoms with E-state index < -0.39 is 0 Å². The largest absolute Gasteiger partial charge is 0.492 e. The zero-order valence-corrected chi connectivity index (χ0v) is 13.1. The molecule has 0 saturated heterocycles. The third kappa shape index (κ3) is 7.14. The summed E-state index contributed by atoms with van der Waals surface area (Å²) < 4.78 is 10.8. The zero-order valence-electron chi connectivity index (χ0n) is 13.1. The molecule has 0 saturated carbocycles. The zero-order chi connectivity index (χ0) is 15.5. The lowest BCUT2D eigenvalue weighted by molar-refractivity contribution is 0.105. The van der Waals surface area contributed by atoms with Gasteiger partial charge in [0.2, 0.25) is 0 Å². The molecule has 1 N–H and O–H groups in total. The van der Waals surface area contributed by atoms with Crippen molar-refractivity contribution >= 4 is 0 Å². The van der Waals surface area contributed by atoms with Crippen LogP contribution in [-0.2, 0) is 4.74 Å². The summed E-state index contributed by atoms with van der Waals surface area (Å²) in [4.78, 5) is 2.21. The molecule has 0 radical (unpaired) electrons. The molecule has 4 nitrogen and oxygen atoms in total. The van der Waals surface area contributed by atoms with Gasteiger partial charge in [0.05, 0.1) is 13.2 Å². The minimum Gasteiger partial charge on any atom is -0.492 e. The molecule has 0 bridgehead atoms. The Morgan fingerprint density at radius 3 is 2.62 bits per heavy atom. The molecule has 21 heavy (non-hydrogen) atoms. The van der Waals surface area contributed by atoms with Crippen LogP contribution in [0.3, 0.4) is 0 Å². The molecule has 0 aliphatic carbocycles. The highest BCUT2D eigenvalue weighted by molar-refractivity contribution is 5.38. The topological polar surface area (TPSA) is 41.9 Å². The average Bonchev–Trinajstić information content (AvgIpc) is 2.49. The smallest absolute Gasteiger partial charge is 0.119 e. The molecule has 0 amide bonds. The molecule has 116 valence electrons. The molecule has 4 heteroatoms. The van der Waals surface area contributed by atoms with Crippen molar-refractivity contribution in [3.05, 3.63) is 29.8 Å². The number of nitrogens with zero attached hydrogens (tertiary/aromatic N) is 1. The van der Waals surface area contributed by atoms with Crippen LogP contribution in [0.5, 0.6) is 5.75 Å². The molecule has 1 rings (SSSR count). The fraction of sp³-hybridized carbons (Fsp3) is 0.529. The molecule has 0 aliphatic rings. The van der Waals surface area contributed by atoms with Crippen molar-refractivity contribution < 1.29 is 14.6 Å². The van der Waals surface area contributed by atoms with Crippen LogP contribution in [0.25, 0.3) is 0 Å². The maximum Gasteiger partial charge on any atom is 0.119 e. The lowest BCUT2D eigenvalue weighted by atomic mass is 10.2. The van der Waals surface area contributed by atoms with Crippen LogP contribution in [0.1, 0.15) is 18.9 Å². The van der Waals surface area contributed by atoms with Crippen molar-refractivity contribution in [1.82, 2.24) is 4.90 Å². The number of likely N-dealkylation sites (N-methyl/N-ethyl adjacent to an activating group) is 1. The van der Waals surface area contributed by atoms with E-state index in [0.717, 1.165) is 24.5 Å². The van der Waals surface area contributed by atoms with Gasteiger partial charge in [-0.2, -0.15) is 0 Å².